The zero-order valence-corrected chi connectivity index (χ0v) is 19.4. The molecule has 2 aromatic heterocycles. The fourth-order valence-electron chi connectivity index (χ4n) is 4.28. The molecule has 9 heteroatoms. The van der Waals surface area contributed by atoms with Gasteiger partial charge < -0.3 is 9.47 Å². The molecule has 0 bridgehead atoms. The fourth-order valence-corrected chi connectivity index (χ4v) is 4.60. The van der Waals surface area contributed by atoms with E-state index in [1.54, 1.807) is 25.2 Å². The summed E-state index contributed by atoms with van der Waals surface area (Å²) < 4.78 is 4.56. The number of anilines is 2. The Bertz CT molecular complexity index is 1520. The highest BCUT2D eigenvalue weighted by atomic mass is 35.5. The highest BCUT2D eigenvalue weighted by molar-refractivity contribution is 6.42. The first-order valence-electron chi connectivity index (χ1n) is 10.2. The van der Waals surface area contributed by atoms with Crippen molar-refractivity contribution in [3.63, 3.8) is 0 Å². The van der Waals surface area contributed by atoms with Crippen LogP contribution in [0.5, 0.6) is 0 Å². The number of fused-ring (bicyclic) bond motifs is 3. The number of hydrogen-bond acceptors (Lipinski definition) is 4. The monoisotopic (exact) mass is 469 g/mol. The molecule has 1 aliphatic rings. The zero-order valence-electron chi connectivity index (χ0n) is 17.9. The number of aromatic nitrogens is 4. The van der Waals surface area contributed by atoms with E-state index in [0.717, 1.165) is 22.4 Å². The molecule has 0 saturated carbocycles. The third kappa shape index (κ3) is 3.15. The summed E-state index contributed by atoms with van der Waals surface area (Å²) in [6.45, 7) is 5.52. The Hall–Kier alpha value is -3.03. The minimum atomic E-state index is -0.427. The van der Waals surface area contributed by atoms with Crippen LogP contribution in [0, 0.1) is 13.8 Å². The molecule has 0 unspecified atom stereocenters. The average molecular weight is 470 g/mol. The minimum absolute atomic E-state index is 0.0968. The number of hydrogen-bond donors (Lipinski definition) is 0. The number of nitrogens with zero attached hydrogens (tertiary/aromatic N) is 5. The van der Waals surface area contributed by atoms with E-state index in [2.05, 4.69) is 30.0 Å². The molecule has 0 radical (unpaired) electrons. The molecule has 0 atom stereocenters. The number of aryl methyl sites for hydroxylation is 3. The van der Waals surface area contributed by atoms with Crippen LogP contribution in [0.15, 0.2) is 46.0 Å². The maximum Gasteiger partial charge on any atom is 0.332 e. The van der Waals surface area contributed by atoms with Crippen molar-refractivity contribution < 1.29 is 0 Å². The Morgan fingerprint density at radius 2 is 1.78 bits per heavy atom. The van der Waals surface area contributed by atoms with Gasteiger partial charge in [-0.25, -0.2) is 4.79 Å². The summed E-state index contributed by atoms with van der Waals surface area (Å²) in [6, 6.07) is 11.4. The lowest BCUT2D eigenvalue weighted by Crippen LogP contribution is -2.40. The van der Waals surface area contributed by atoms with Gasteiger partial charge in [0.2, 0.25) is 5.95 Å². The van der Waals surface area contributed by atoms with Crippen LogP contribution in [-0.4, -0.2) is 25.2 Å². The zero-order chi connectivity index (χ0) is 22.7. The van der Waals surface area contributed by atoms with E-state index in [0.29, 0.717) is 40.2 Å². The van der Waals surface area contributed by atoms with Gasteiger partial charge in [0.1, 0.15) is 0 Å². The van der Waals surface area contributed by atoms with Crippen molar-refractivity contribution in [1.82, 2.24) is 18.7 Å². The Kier molecular flexibility index (Phi) is 4.91. The lowest BCUT2D eigenvalue weighted by atomic mass is 10.1. The molecule has 4 aromatic rings. The van der Waals surface area contributed by atoms with Gasteiger partial charge in [-0.2, -0.15) is 4.98 Å². The number of benzene rings is 2. The Labute approximate surface area is 194 Å². The molecule has 0 spiro atoms. The van der Waals surface area contributed by atoms with Crippen molar-refractivity contribution in [1.29, 1.82) is 0 Å². The van der Waals surface area contributed by atoms with Crippen molar-refractivity contribution in [2.75, 3.05) is 11.4 Å². The molecule has 1 aliphatic heterocycles. The second kappa shape index (κ2) is 7.53. The molecule has 0 saturated heterocycles. The average Bonchev–Trinajstić information content (AvgIpc) is 3.33. The molecule has 164 valence electrons. The molecule has 0 fully saturated rings. The predicted octanol–water partition coefficient (Wildman–Crippen LogP) is 4.02. The van der Waals surface area contributed by atoms with Crippen LogP contribution in [0.1, 0.15) is 16.7 Å². The summed E-state index contributed by atoms with van der Waals surface area (Å²) in [5, 5.41) is 0.802. The lowest BCUT2D eigenvalue weighted by Gasteiger charge is -2.19. The van der Waals surface area contributed by atoms with E-state index in [-0.39, 0.29) is 12.1 Å². The Morgan fingerprint density at radius 3 is 2.53 bits per heavy atom. The molecule has 0 amide bonds. The second-order valence-corrected chi connectivity index (χ2v) is 8.97. The molecular weight excluding hydrogens is 449 g/mol. The summed E-state index contributed by atoms with van der Waals surface area (Å²) >= 11 is 12.1. The molecule has 0 N–H and O–H groups in total. The van der Waals surface area contributed by atoms with Gasteiger partial charge in [0, 0.05) is 25.8 Å². The van der Waals surface area contributed by atoms with Crippen LogP contribution in [-0.2, 0) is 20.1 Å². The molecule has 3 heterocycles. The van der Waals surface area contributed by atoms with Crippen molar-refractivity contribution in [2.45, 2.75) is 26.9 Å². The number of halogens is 2. The van der Waals surface area contributed by atoms with Gasteiger partial charge in [-0.05, 0) is 48.7 Å². The van der Waals surface area contributed by atoms with Gasteiger partial charge in [-0.1, -0.05) is 41.4 Å². The van der Waals surface area contributed by atoms with E-state index in [1.807, 2.05) is 11.5 Å². The van der Waals surface area contributed by atoms with Crippen molar-refractivity contribution in [3.05, 3.63) is 84.0 Å². The largest absolute Gasteiger partial charge is 0.332 e. The van der Waals surface area contributed by atoms with Gasteiger partial charge in [0.15, 0.2) is 11.2 Å². The van der Waals surface area contributed by atoms with Gasteiger partial charge >= 0.3 is 5.69 Å². The maximum atomic E-state index is 13.5. The van der Waals surface area contributed by atoms with Gasteiger partial charge in [0.05, 0.1) is 16.6 Å². The molecule has 2 aromatic carbocycles. The minimum Gasteiger partial charge on any atom is -0.310 e. The van der Waals surface area contributed by atoms with E-state index >= 15 is 0 Å². The van der Waals surface area contributed by atoms with Crippen LogP contribution in [0.25, 0.3) is 11.2 Å². The highest BCUT2D eigenvalue weighted by Crippen LogP contribution is 2.34. The van der Waals surface area contributed by atoms with Crippen LogP contribution in [0.3, 0.4) is 0 Å². The molecule has 5 rings (SSSR count). The smallest absolute Gasteiger partial charge is 0.310 e. The summed E-state index contributed by atoms with van der Waals surface area (Å²) in [5.74, 6) is 0.674. The normalized spacial score (nSPS) is 13.2. The molecular formula is C23H21Cl2N5O2. The second-order valence-electron chi connectivity index (χ2n) is 8.16. The van der Waals surface area contributed by atoms with Gasteiger partial charge in [-0.15, -0.1) is 0 Å². The van der Waals surface area contributed by atoms with Crippen LogP contribution >= 0.6 is 23.2 Å². The van der Waals surface area contributed by atoms with Crippen molar-refractivity contribution in [3.8, 4) is 0 Å². The molecule has 7 nitrogen and oxygen atoms in total. The maximum absolute atomic E-state index is 13.5. The fraction of sp³-hybridized carbons (Fsp3) is 0.261. The Balaban J connectivity index is 1.68. The third-order valence-corrected chi connectivity index (χ3v) is 6.72. The summed E-state index contributed by atoms with van der Waals surface area (Å²) in [5.41, 5.74) is 4.07. The van der Waals surface area contributed by atoms with Crippen molar-refractivity contribution in [2.24, 2.45) is 7.05 Å². The van der Waals surface area contributed by atoms with E-state index < -0.39 is 5.69 Å². The molecule has 0 aliphatic carbocycles. The van der Waals surface area contributed by atoms with Crippen LogP contribution in [0.4, 0.5) is 11.6 Å². The van der Waals surface area contributed by atoms with E-state index in [4.69, 9.17) is 28.2 Å². The van der Waals surface area contributed by atoms with Crippen molar-refractivity contribution >= 4 is 46.0 Å². The van der Waals surface area contributed by atoms with Gasteiger partial charge in [0.25, 0.3) is 5.56 Å². The van der Waals surface area contributed by atoms with E-state index in [1.165, 1.54) is 9.13 Å². The summed E-state index contributed by atoms with van der Waals surface area (Å²) in [7, 11) is 1.64. The Morgan fingerprint density at radius 1 is 1.00 bits per heavy atom. The summed E-state index contributed by atoms with van der Waals surface area (Å²) in [4.78, 5) is 33.3. The quantitative estimate of drug-likeness (QED) is 0.454. The third-order valence-electron chi connectivity index (χ3n) is 5.98. The lowest BCUT2D eigenvalue weighted by molar-refractivity contribution is 0.652. The SMILES string of the molecule is Cc1ccc(C)c(N2CCn3c2nc2c3c(=O)n(Cc3ccc(Cl)c(Cl)c3)c(=O)n2C)c1. The first-order valence-corrected chi connectivity index (χ1v) is 11.0. The number of rotatable bonds is 3. The standard InChI is InChI=1S/C23H21Cl2N5O2/c1-13-4-5-14(2)18(10-13)28-8-9-29-19-20(26-22(28)29)27(3)23(32)30(21(19)31)12-15-6-7-16(24)17(25)11-15/h4-7,10-11H,8-9,12H2,1-3H3. The first kappa shape index (κ1) is 20.8. The van der Waals surface area contributed by atoms with Crippen LogP contribution < -0.4 is 16.1 Å². The topological polar surface area (TPSA) is 65.1 Å². The molecule has 32 heavy (non-hydrogen) atoms. The highest BCUT2D eigenvalue weighted by Gasteiger charge is 2.29. The number of imidazole rings is 1. The summed E-state index contributed by atoms with van der Waals surface area (Å²) in [6.07, 6.45) is 0. The van der Waals surface area contributed by atoms with Crippen LogP contribution in [0.2, 0.25) is 10.0 Å². The first-order chi connectivity index (χ1) is 15.3. The predicted molar refractivity (Wildman–Crippen MR) is 128 cm³/mol. The van der Waals surface area contributed by atoms with Gasteiger partial charge in [-0.3, -0.25) is 13.9 Å². The van der Waals surface area contributed by atoms with E-state index in [9.17, 15) is 9.59 Å².